The van der Waals surface area contributed by atoms with Gasteiger partial charge in [-0.15, -0.1) is 0 Å². The molecule has 0 fully saturated rings. The monoisotopic (exact) mass is 392 g/mol. The van der Waals surface area contributed by atoms with Crippen LogP contribution in [0.25, 0.3) is 0 Å². The summed E-state index contributed by atoms with van der Waals surface area (Å²) in [6.45, 7) is 2.85. The predicted octanol–water partition coefficient (Wildman–Crippen LogP) is 3.25. The highest BCUT2D eigenvalue weighted by atomic mass is 79.9. The minimum absolute atomic E-state index is 0.526. The summed E-state index contributed by atoms with van der Waals surface area (Å²) in [6, 6.07) is 3.77. The lowest BCUT2D eigenvalue weighted by Gasteiger charge is -2.13. The average molecular weight is 394 g/mol. The second-order valence-electron chi connectivity index (χ2n) is 3.82. The van der Waals surface area contributed by atoms with Gasteiger partial charge in [0.15, 0.2) is 0 Å². The van der Waals surface area contributed by atoms with Gasteiger partial charge >= 0.3 is 0 Å². The smallest absolute Gasteiger partial charge is 0.210 e. The molecule has 0 spiro atoms. The maximum Gasteiger partial charge on any atom is 0.210 e. The molecule has 1 aromatic carbocycles. The first-order valence-electron chi connectivity index (χ1n) is 5.93. The van der Waals surface area contributed by atoms with Crippen LogP contribution in [-0.2, 0) is 0 Å². The second kappa shape index (κ2) is 8.39. The van der Waals surface area contributed by atoms with E-state index < -0.39 is 0 Å². The van der Waals surface area contributed by atoms with E-state index in [0.717, 1.165) is 39.8 Å². The van der Waals surface area contributed by atoms with Crippen molar-refractivity contribution >= 4 is 43.5 Å². The summed E-state index contributed by atoms with van der Waals surface area (Å²) in [5, 5.41) is 3.12. The third-order valence-corrected chi connectivity index (χ3v) is 3.69. The van der Waals surface area contributed by atoms with Gasteiger partial charge in [-0.3, -0.25) is 10.4 Å². The predicted molar refractivity (Wildman–Crippen MR) is 86.5 cm³/mol. The molecule has 0 unspecified atom stereocenters. The van der Waals surface area contributed by atoms with Crippen LogP contribution < -0.4 is 21.3 Å². The van der Waals surface area contributed by atoms with Crippen LogP contribution in [0.2, 0.25) is 0 Å². The largest absolute Gasteiger partial charge is 0.495 e. The van der Waals surface area contributed by atoms with Crippen LogP contribution in [0, 0.1) is 0 Å². The van der Waals surface area contributed by atoms with Gasteiger partial charge in [0.1, 0.15) is 5.75 Å². The molecule has 0 aliphatic rings. The fraction of sp³-hybridized carbons (Fsp3) is 0.417. The number of anilines is 1. The summed E-state index contributed by atoms with van der Waals surface area (Å²) in [4.78, 5) is 4.34. The molecule has 0 heterocycles. The Bertz CT molecular complexity index is 452. The van der Waals surface area contributed by atoms with Crippen molar-refractivity contribution in [1.82, 2.24) is 5.43 Å². The summed E-state index contributed by atoms with van der Waals surface area (Å²) in [5.41, 5.74) is 3.38. The number of methoxy groups -OCH3 is 1. The Labute approximate surface area is 130 Å². The van der Waals surface area contributed by atoms with Crippen LogP contribution in [0.5, 0.6) is 5.75 Å². The highest BCUT2D eigenvalue weighted by Gasteiger charge is 2.08. The number of nitrogens with two attached hydrogens (primary N) is 1. The zero-order chi connectivity index (χ0) is 14.3. The summed E-state index contributed by atoms with van der Waals surface area (Å²) >= 11 is 6.90. The van der Waals surface area contributed by atoms with Crippen molar-refractivity contribution in [2.24, 2.45) is 10.8 Å². The summed E-state index contributed by atoms with van der Waals surface area (Å²) in [7, 11) is 1.62. The molecule has 0 aliphatic carbocycles. The van der Waals surface area contributed by atoms with Crippen LogP contribution in [0.3, 0.4) is 0 Å². The highest BCUT2D eigenvalue weighted by molar-refractivity contribution is 9.11. The number of aliphatic imine (C=N–C) groups is 1. The van der Waals surface area contributed by atoms with E-state index in [4.69, 9.17) is 10.6 Å². The molecule has 0 atom stereocenters. The van der Waals surface area contributed by atoms with Crippen molar-refractivity contribution < 1.29 is 4.74 Å². The zero-order valence-corrected chi connectivity index (χ0v) is 14.1. The Morgan fingerprint density at radius 3 is 2.68 bits per heavy atom. The van der Waals surface area contributed by atoms with Gasteiger partial charge in [-0.05, 0) is 44.3 Å². The fourth-order valence-corrected chi connectivity index (χ4v) is 2.63. The standard InChI is InChI=1S/C12H18Br2N4O/c1-3-4-5-16-12(18-15)17-10-7-11(19-2)9(14)6-8(10)13/h6-7H,3-5,15H2,1-2H3,(H2,16,17,18). The van der Waals surface area contributed by atoms with E-state index in [-0.39, 0.29) is 0 Å². The number of hydrogen-bond acceptors (Lipinski definition) is 3. The fourth-order valence-electron chi connectivity index (χ4n) is 1.38. The minimum atomic E-state index is 0.526. The molecule has 19 heavy (non-hydrogen) atoms. The molecular formula is C12H18Br2N4O. The Morgan fingerprint density at radius 1 is 1.37 bits per heavy atom. The lowest BCUT2D eigenvalue weighted by Crippen LogP contribution is -2.36. The maximum atomic E-state index is 5.45. The van der Waals surface area contributed by atoms with Crippen LogP contribution in [0.1, 0.15) is 19.8 Å². The maximum absolute atomic E-state index is 5.45. The van der Waals surface area contributed by atoms with E-state index in [0.29, 0.717) is 5.96 Å². The Balaban J connectivity index is 2.87. The first-order valence-corrected chi connectivity index (χ1v) is 7.52. The van der Waals surface area contributed by atoms with Crippen LogP contribution in [-0.4, -0.2) is 19.6 Å². The summed E-state index contributed by atoms with van der Waals surface area (Å²) in [6.07, 6.45) is 2.12. The van der Waals surface area contributed by atoms with Crippen molar-refractivity contribution in [2.75, 3.05) is 19.0 Å². The van der Waals surface area contributed by atoms with Crippen molar-refractivity contribution in [1.29, 1.82) is 0 Å². The molecule has 4 N–H and O–H groups in total. The molecule has 0 radical (unpaired) electrons. The third-order valence-electron chi connectivity index (χ3n) is 2.41. The molecular weight excluding hydrogens is 376 g/mol. The normalized spacial score (nSPS) is 11.3. The van der Waals surface area contributed by atoms with E-state index in [1.165, 1.54) is 0 Å². The van der Waals surface area contributed by atoms with Crippen LogP contribution in [0.4, 0.5) is 5.69 Å². The number of rotatable bonds is 5. The van der Waals surface area contributed by atoms with Gasteiger partial charge in [-0.25, -0.2) is 5.84 Å². The van der Waals surface area contributed by atoms with Crippen LogP contribution in [0.15, 0.2) is 26.1 Å². The molecule has 5 nitrogen and oxygen atoms in total. The molecule has 0 saturated carbocycles. The number of nitrogens with zero attached hydrogens (tertiary/aromatic N) is 1. The van der Waals surface area contributed by atoms with E-state index in [1.807, 2.05) is 12.1 Å². The average Bonchev–Trinajstić information content (AvgIpc) is 2.40. The highest BCUT2D eigenvalue weighted by Crippen LogP contribution is 2.34. The third kappa shape index (κ3) is 5.00. The lowest BCUT2D eigenvalue weighted by molar-refractivity contribution is 0.412. The van der Waals surface area contributed by atoms with E-state index >= 15 is 0 Å². The van der Waals surface area contributed by atoms with E-state index in [2.05, 4.69) is 54.5 Å². The molecule has 0 saturated heterocycles. The summed E-state index contributed by atoms with van der Waals surface area (Å²) in [5.74, 6) is 6.71. The number of hydrogen-bond donors (Lipinski definition) is 3. The Kier molecular flexibility index (Phi) is 7.19. The van der Waals surface area contributed by atoms with Gasteiger partial charge in [-0.2, -0.15) is 0 Å². The number of halogens is 2. The van der Waals surface area contributed by atoms with Crippen molar-refractivity contribution in [2.45, 2.75) is 19.8 Å². The van der Waals surface area contributed by atoms with Gasteiger partial charge in [0.2, 0.25) is 5.96 Å². The second-order valence-corrected chi connectivity index (χ2v) is 5.53. The number of unbranched alkanes of at least 4 members (excludes halogenated alkanes) is 1. The number of guanidine groups is 1. The number of nitrogens with one attached hydrogen (secondary N) is 2. The minimum Gasteiger partial charge on any atom is -0.495 e. The molecule has 7 heteroatoms. The Hall–Kier alpha value is -0.790. The van der Waals surface area contributed by atoms with E-state index in [1.54, 1.807) is 7.11 Å². The van der Waals surface area contributed by atoms with Gasteiger partial charge in [0, 0.05) is 17.1 Å². The SMILES string of the molecule is CCCCN=C(NN)Nc1cc(OC)c(Br)cc1Br. The van der Waals surface area contributed by atoms with Crippen molar-refractivity contribution in [3.63, 3.8) is 0 Å². The van der Waals surface area contributed by atoms with Gasteiger partial charge in [0.05, 0.1) is 17.3 Å². The molecule has 0 aliphatic heterocycles. The molecule has 1 aromatic rings. The molecule has 106 valence electrons. The number of benzene rings is 1. The molecule has 1 rings (SSSR count). The van der Waals surface area contributed by atoms with Crippen molar-refractivity contribution in [3.8, 4) is 5.75 Å². The quantitative estimate of drug-likeness (QED) is 0.236. The molecule has 0 bridgehead atoms. The summed E-state index contributed by atoms with van der Waals surface area (Å²) < 4.78 is 7.02. The molecule has 0 amide bonds. The van der Waals surface area contributed by atoms with E-state index in [9.17, 15) is 0 Å². The van der Waals surface area contributed by atoms with Gasteiger partial charge < -0.3 is 10.1 Å². The van der Waals surface area contributed by atoms with Crippen molar-refractivity contribution in [3.05, 3.63) is 21.1 Å². The number of hydrazine groups is 1. The number of ether oxygens (including phenoxy) is 1. The van der Waals surface area contributed by atoms with Crippen LogP contribution >= 0.6 is 31.9 Å². The zero-order valence-electron chi connectivity index (χ0n) is 11.0. The van der Waals surface area contributed by atoms with Gasteiger partial charge in [-0.1, -0.05) is 13.3 Å². The lowest BCUT2D eigenvalue weighted by atomic mass is 10.3. The molecule has 0 aromatic heterocycles. The van der Waals surface area contributed by atoms with Gasteiger partial charge in [0.25, 0.3) is 0 Å². The Morgan fingerprint density at radius 2 is 2.11 bits per heavy atom. The topological polar surface area (TPSA) is 71.7 Å². The first kappa shape index (κ1) is 16.3. The first-order chi connectivity index (χ1) is 9.12.